The summed E-state index contributed by atoms with van der Waals surface area (Å²) in [5.74, 6) is -0.158. The minimum Gasteiger partial charge on any atom is -0.868 e. The van der Waals surface area contributed by atoms with Crippen molar-refractivity contribution in [2.45, 2.75) is 0 Å². The van der Waals surface area contributed by atoms with Gasteiger partial charge >= 0.3 is 0 Å². The third-order valence-electron chi connectivity index (χ3n) is 3.19. The Morgan fingerprint density at radius 2 is 2.00 bits per heavy atom. The van der Waals surface area contributed by atoms with Crippen molar-refractivity contribution in [1.29, 1.82) is 0 Å². The van der Waals surface area contributed by atoms with Gasteiger partial charge in [-0.15, -0.1) is 0 Å². The van der Waals surface area contributed by atoms with Crippen molar-refractivity contribution in [3.8, 4) is 17.2 Å². The number of rotatable bonds is 4. The van der Waals surface area contributed by atoms with Crippen LogP contribution in [-0.4, -0.2) is 23.8 Å². The van der Waals surface area contributed by atoms with E-state index in [0.29, 0.717) is 22.6 Å². The Labute approximate surface area is 135 Å². The molecule has 0 saturated heterocycles. The molecule has 0 aliphatic carbocycles. The van der Waals surface area contributed by atoms with Gasteiger partial charge in [-0.25, -0.2) is 5.43 Å². The number of carbonyl (C=O) groups is 1. The van der Waals surface area contributed by atoms with Crippen molar-refractivity contribution in [3.05, 3.63) is 57.6 Å². The standard InChI is InChI=1S/C15H11N3O6/c19-12-3-1-9(5-11(12)18(21)22)7-16-17-15(20)10-2-4-13-14(6-10)24-8-23-13/h1-7,19H,8H2,(H,17,20)/p-1/b16-7-. The molecule has 1 heterocycles. The second-order valence-corrected chi connectivity index (χ2v) is 4.75. The van der Waals surface area contributed by atoms with Crippen LogP contribution < -0.4 is 20.0 Å². The number of nitrogens with one attached hydrogen (secondary N) is 1. The van der Waals surface area contributed by atoms with Crippen LogP contribution in [0.1, 0.15) is 15.9 Å². The van der Waals surface area contributed by atoms with E-state index >= 15 is 0 Å². The van der Waals surface area contributed by atoms with Crippen LogP contribution >= 0.6 is 0 Å². The molecule has 0 fully saturated rings. The van der Waals surface area contributed by atoms with Gasteiger partial charge in [-0.1, -0.05) is 12.1 Å². The summed E-state index contributed by atoms with van der Waals surface area (Å²) in [5.41, 5.74) is 2.36. The van der Waals surface area contributed by atoms with Gasteiger partial charge in [0.2, 0.25) is 6.79 Å². The molecule has 0 atom stereocenters. The smallest absolute Gasteiger partial charge is 0.271 e. The van der Waals surface area contributed by atoms with Gasteiger partial charge in [-0.05, 0) is 23.9 Å². The second-order valence-electron chi connectivity index (χ2n) is 4.75. The van der Waals surface area contributed by atoms with Crippen LogP contribution in [0.5, 0.6) is 17.2 Å². The summed E-state index contributed by atoms with van der Waals surface area (Å²) in [6.45, 7) is 0.104. The van der Waals surface area contributed by atoms with Crippen LogP contribution in [-0.2, 0) is 0 Å². The van der Waals surface area contributed by atoms with Gasteiger partial charge in [0.15, 0.2) is 11.5 Å². The zero-order valence-electron chi connectivity index (χ0n) is 12.1. The Bertz CT molecular complexity index is 849. The predicted octanol–water partition coefficient (Wildman–Crippen LogP) is 1.16. The maximum Gasteiger partial charge on any atom is 0.271 e. The van der Waals surface area contributed by atoms with Crippen molar-refractivity contribution in [3.63, 3.8) is 0 Å². The fourth-order valence-corrected chi connectivity index (χ4v) is 2.03. The van der Waals surface area contributed by atoms with Crippen molar-refractivity contribution >= 4 is 17.8 Å². The molecule has 0 aromatic heterocycles. The molecule has 1 aliphatic heterocycles. The monoisotopic (exact) mass is 328 g/mol. The molecule has 1 amide bonds. The van der Waals surface area contributed by atoms with Gasteiger partial charge in [-0.2, -0.15) is 5.10 Å². The Morgan fingerprint density at radius 1 is 1.21 bits per heavy atom. The highest BCUT2D eigenvalue weighted by Crippen LogP contribution is 2.32. The van der Waals surface area contributed by atoms with Crippen molar-refractivity contribution in [2.75, 3.05) is 6.79 Å². The Hall–Kier alpha value is -3.62. The molecule has 3 rings (SSSR count). The van der Waals surface area contributed by atoms with Gasteiger partial charge in [0.1, 0.15) is 0 Å². The lowest BCUT2D eigenvalue weighted by atomic mass is 10.2. The van der Waals surface area contributed by atoms with Crippen LogP contribution in [0.4, 0.5) is 5.69 Å². The lowest BCUT2D eigenvalue weighted by Gasteiger charge is -2.06. The largest absolute Gasteiger partial charge is 0.868 e. The maximum atomic E-state index is 12.0. The van der Waals surface area contributed by atoms with Crippen LogP contribution in [0.2, 0.25) is 0 Å². The summed E-state index contributed by atoms with van der Waals surface area (Å²) in [6, 6.07) is 8.19. The van der Waals surface area contributed by atoms with Crippen LogP contribution in [0, 0.1) is 10.1 Å². The number of nitro benzene ring substituents is 1. The third kappa shape index (κ3) is 3.09. The van der Waals surface area contributed by atoms with Gasteiger partial charge in [0.05, 0.1) is 11.1 Å². The van der Waals surface area contributed by atoms with Crippen LogP contribution in [0.15, 0.2) is 41.5 Å². The molecule has 2 aromatic rings. The molecule has 24 heavy (non-hydrogen) atoms. The molecule has 0 saturated carbocycles. The zero-order valence-corrected chi connectivity index (χ0v) is 12.1. The number of hydrogen-bond acceptors (Lipinski definition) is 7. The first-order valence-corrected chi connectivity index (χ1v) is 6.73. The minimum absolute atomic E-state index is 0.104. The van der Waals surface area contributed by atoms with E-state index in [-0.39, 0.29) is 6.79 Å². The first-order chi connectivity index (χ1) is 11.5. The highest BCUT2D eigenvalue weighted by Gasteiger charge is 2.15. The van der Waals surface area contributed by atoms with Crippen molar-refractivity contribution in [1.82, 2.24) is 5.43 Å². The van der Waals surface area contributed by atoms with Gasteiger partial charge in [-0.3, -0.25) is 14.9 Å². The molecule has 2 aromatic carbocycles. The Morgan fingerprint density at radius 3 is 2.79 bits per heavy atom. The number of hydrazone groups is 1. The van der Waals surface area contributed by atoms with E-state index in [9.17, 15) is 20.0 Å². The lowest BCUT2D eigenvalue weighted by molar-refractivity contribution is -0.398. The molecular formula is C15H10N3O6-. The SMILES string of the molecule is O=C(N/N=C\c1ccc([O-])c([N+](=O)[O-])c1)c1ccc2c(c1)OCO2. The third-order valence-corrected chi connectivity index (χ3v) is 3.19. The Balaban J connectivity index is 1.69. The maximum absolute atomic E-state index is 12.0. The van der Waals surface area contributed by atoms with E-state index < -0.39 is 22.3 Å². The molecule has 1 aliphatic rings. The van der Waals surface area contributed by atoms with Gasteiger partial charge < -0.3 is 14.6 Å². The first kappa shape index (κ1) is 15.3. The molecule has 9 nitrogen and oxygen atoms in total. The zero-order chi connectivity index (χ0) is 17.1. The van der Waals surface area contributed by atoms with Crippen molar-refractivity contribution in [2.24, 2.45) is 5.10 Å². The molecule has 122 valence electrons. The van der Waals surface area contributed by atoms with E-state index in [1.165, 1.54) is 18.3 Å². The van der Waals surface area contributed by atoms with Crippen LogP contribution in [0.3, 0.4) is 0 Å². The van der Waals surface area contributed by atoms with Crippen LogP contribution in [0.25, 0.3) is 0 Å². The average molecular weight is 328 g/mol. The minimum atomic E-state index is -0.773. The fourth-order valence-electron chi connectivity index (χ4n) is 2.03. The van der Waals surface area contributed by atoms with Crippen molar-refractivity contribution < 1.29 is 24.3 Å². The molecule has 1 N–H and O–H groups in total. The quantitative estimate of drug-likeness (QED) is 0.510. The summed E-state index contributed by atoms with van der Waals surface area (Å²) < 4.78 is 10.3. The van der Waals surface area contributed by atoms with E-state index in [1.807, 2.05) is 0 Å². The fraction of sp³-hybridized carbons (Fsp3) is 0.0667. The summed E-state index contributed by atoms with van der Waals surface area (Å²) in [4.78, 5) is 21.9. The number of nitro groups is 1. The summed E-state index contributed by atoms with van der Waals surface area (Å²) in [7, 11) is 0. The predicted molar refractivity (Wildman–Crippen MR) is 80.2 cm³/mol. The number of nitrogens with zero attached hydrogens (tertiary/aromatic N) is 2. The molecule has 0 spiro atoms. The summed E-state index contributed by atoms with van der Waals surface area (Å²) in [6.07, 6.45) is 1.21. The number of hydrogen-bond donors (Lipinski definition) is 1. The number of benzene rings is 2. The van der Waals surface area contributed by atoms with E-state index in [4.69, 9.17) is 9.47 Å². The average Bonchev–Trinajstić information content (AvgIpc) is 3.03. The number of carbonyl (C=O) groups excluding carboxylic acids is 1. The Kier molecular flexibility index (Phi) is 3.98. The summed E-state index contributed by atoms with van der Waals surface area (Å²) in [5, 5.41) is 25.7. The normalized spacial score (nSPS) is 12.3. The first-order valence-electron chi connectivity index (χ1n) is 6.73. The lowest BCUT2D eigenvalue weighted by Crippen LogP contribution is -2.17. The molecule has 9 heteroatoms. The van der Waals surface area contributed by atoms with Gasteiger partial charge in [0, 0.05) is 17.2 Å². The molecule has 0 radical (unpaired) electrons. The number of fused-ring (bicyclic) bond motifs is 1. The number of ether oxygens (including phenoxy) is 2. The second kappa shape index (κ2) is 6.24. The summed E-state index contributed by atoms with van der Waals surface area (Å²) >= 11 is 0. The van der Waals surface area contributed by atoms with E-state index in [2.05, 4.69) is 10.5 Å². The molecular weight excluding hydrogens is 318 g/mol. The number of amides is 1. The highest BCUT2D eigenvalue weighted by atomic mass is 16.7. The van der Waals surface area contributed by atoms with E-state index in [0.717, 1.165) is 12.1 Å². The molecule has 0 unspecified atom stereocenters. The van der Waals surface area contributed by atoms with Gasteiger partial charge in [0.25, 0.3) is 11.6 Å². The topological polar surface area (TPSA) is 126 Å². The highest BCUT2D eigenvalue weighted by molar-refractivity contribution is 5.95. The van der Waals surface area contributed by atoms with E-state index in [1.54, 1.807) is 12.1 Å². The molecule has 0 bridgehead atoms.